The van der Waals surface area contributed by atoms with Crippen LogP contribution in [0.5, 0.6) is 0 Å². The third-order valence-electron chi connectivity index (χ3n) is 4.32. The lowest BCUT2D eigenvalue weighted by Gasteiger charge is -2.34. The van der Waals surface area contributed by atoms with Crippen LogP contribution in [0.2, 0.25) is 0 Å². The van der Waals surface area contributed by atoms with Crippen LogP contribution in [0, 0.1) is 0 Å². The van der Waals surface area contributed by atoms with E-state index in [-0.39, 0.29) is 5.91 Å². The summed E-state index contributed by atoms with van der Waals surface area (Å²) in [6, 6.07) is 14.5. The number of benzene rings is 1. The highest BCUT2D eigenvalue weighted by atomic mass is 16.2. The van der Waals surface area contributed by atoms with Crippen LogP contribution in [0.25, 0.3) is 0 Å². The van der Waals surface area contributed by atoms with Gasteiger partial charge in [0.15, 0.2) is 0 Å². The lowest BCUT2D eigenvalue weighted by atomic mass is 10.1. The first-order valence-electron chi connectivity index (χ1n) is 8.24. The van der Waals surface area contributed by atoms with Gasteiger partial charge in [0, 0.05) is 51.5 Å². The summed E-state index contributed by atoms with van der Waals surface area (Å²) in [6.07, 6.45) is 4.95. The lowest BCUT2D eigenvalue weighted by Crippen LogP contribution is -2.48. The zero-order valence-corrected chi connectivity index (χ0v) is 13.4. The van der Waals surface area contributed by atoms with E-state index < -0.39 is 0 Å². The largest absolute Gasteiger partial charge is 0.340 e. The van der Waals surface area contributed by atoms with E-state index in [9.17, 15) is 4.79 Å². The number of rotatable bonds is 5. The van der Waals surface area contributed by atoms with E-state index in [0.29, 0.717) is 6.42 Å². The molecule has 0 saturated carbocycles. The van der Waals surface area contributed by atoms with Gasteiger partial charge in [-0.05, 0) is 23.6 Å². The fourth-order valence-corrected chi connectivity index (χ4v) is 2.95. The van der Waals surface area contributed by atoms with Crippen LogP contribution in [0.1, 0.15) is 17.5 Å². The third-order valence-corrected chi connectivity index (χ3v) is 4.32. The molecule has 0 spiro atoms. The van der Waals surface area contributed by atoms with E-state index in [1.165, 1.54) is 5.56 Å². The first kappa shape index (κ1) is 15.7. The van der Waals surface area contributed by atoms with Gasteiger partial charge in [0.25, 0.3) is 0 Å². The summed E-state index contributed by atoms with van der Waals surface area (Å²) in [5, 5.41) is 0. The Morgan fingerprint density at radius 3 is 2.39 bits per heavy atom. The van der Waals surface area contributed by atoms with Crippen LogP contribution < -0.4 is 0 Å². The van der Waals surface area contributed by atoms with Crippen molar-refractivity contribution in [2.24, 2.45) is 0 Å². The minimum absolute atomic E-state index is 0.258. The normalized spacial score (nSPS) is 15.6. The fourth-order valence-electron chi connectivity index (χ4n) is 2.95. The molecule has 0 bridgehead atoms. The molecular formula is C19H23N3O. The Labute approximate surface area is 137 Å². The molecule has 4 heteroatoms. The van der Waals surface area contributed by atoms with Crippen molar-refractivity contribution in [1.82, 2.24) is 14.8 Å². The molecule has 1 fully saturated rings. The molecule has 1 aromatic carbocycles. The standard InChI is InChI=1S/C19H23N3O/c23-19(9-8-17-7-4-10-20-15-17)22-13-11-21(12-14-22)16-18-5-2-1-3-6-18/h1-7,10,15H,8-9,11-14,16H2. The molecule has 1 aliphatic rings. The van der Waals surface area contributed by atoms with Crippen LogP contribution in [-0.2, 0) is 17.8 Å². The Morgan fingerprint density at radius 2 is 1.70 bits per heavy atom. The average Bonchev–Trinajstić information content (AvgIpc) is 2.62. The zero-order valence-electron chi connectivity index (χ0n) is 13.4. The summed E-state index contributed by atoms with van der Waals surface area (Å²) in [5.74, 6) is 0.258. The number of hydrogen-bond donors (Lipinski definition) is 0. The molecule has 0 N–H and O–H groups in total. The van der Waals surface area contributed by atoms with Gasteiger partial charge < -0.3 is 4.90 Å². The van der Waals surface area contributed by atoms with Crippen LogP contribution >= 0.6 is 0 Å². The van der Waals surface area contributed by atoms with Gasteiger partial charge in [-0.2, -0.15) is 0 Å². The molecule has 120 valence electrons. The predicted molar refractivity (Wildman–Crippen MR) is 90.9 cm³/mol. The highest BCUT2D eigenvalue weighted by Crippen LogP contribution is 2.10. The van der Waals surface area contributed by atoms with Gasteiger partial charge in [-0.1, -0.05) is 36.4 Å². The topological polar surface area (TPSA) is 36.4 Å². The van der Waals surface area contributed by atoms with Crippen molar-refractivity contribution in [1.29, 1.82) is 0 Å². The number of amides is 1. The van der Waals surface area contributed by atoms with Crippen LogP contribution in [0.4, 0.5) is 0 Å². The average molecular weight is 309 g/mol. The second-order valence-corrected chi connectivity index (χ2v) is 6.00. The highest BCUT2D eigenvalue weighted by Gasteiger charge is 2.20. The Balaban J connectivity index is 1.42. The third kappa shape index (κ3) is 4.63. The molecular weight excluding hydrogens is 286 g/mol. The van der Waals surface area contributed by atoms with Gasteiger partial charge in [0.1, 0.15) is 0 Å². The number of aryl methyl sites for hydroxylation is 1. The van der Waals surface area contributed by atoms with Gasteiger partial charge in [-0.15, -0.1) is 0 Å². The van der Waals surface area contributed by atoms with E-state index in [4.69, 9.17) is 0 Å². The minimum atomic E-state index is 0.258. The van der Waals surface area contributed by atoms with Gasteiger partial charge in [0.2, 0.25) is 5.91 Å². The number of aromatic nitrogens is 1. The summed E-state index contributed by atoms with van der Waals surface area (Å²) in [5.41, 5.74) is 2.47. The number of hydrogen-bond acceptors (Lipinski definition) is 3. The van der Waals surface area contributed by atoms with Crippen molar-refractivity contribution >= 4 is 5.91 Å². The first-order valence-corrected chi connectivity index (χ1v) is 8.24. The number of carbonyl (C=O) groups excluding carboxylic acids is 1. The lowest BCUT2D eigenvalue weighted by molar-refractivity contribution is -0.133. The molecule has 2 heterocycles. The van der Waals surface area contributed by atoms with E-state index in [1.807, 2.05) is 29.3 Å². The zero-order chi connectivity index (χ0) is 15.9. The molecule has 2 aromatic rings. The Morgan fingerprint density at radius 1 is 0.957 bits per heavy atom. The SMILES string of the molecule is O=C(CCc1cccnc1)N1CCN(Cc2ccccc2)CC1. The first-order chi connectivity index (χ1) is 11.3. The molecule has 1 amide bonds. The molecule has 0 aliphatic carbocycles. The summed E-state index contributed by atoms with van der Waals surface area (Å²) in [6.45, 7) is 4.54. The smallest absolute Gasteiger partial charge is 0.222 e. The second-order valence-electron chi connectivity index (χ2n) is 6.00. The quantitative estimate of drug-likeness (QED) is 0.851. The van der Waals surface area contributed by atoms with E-state index in [0.717, 1.165) is 44.7 Å². The monoisotopic (exact) mass is 309 g/mol. The maximum absolute atomic E-state index is 12.3. The molecule has 0 radical (unpaired) electrons. The number of piperazine rings is 1. The Hall–Kier alpha value is -2.20. The maximum Gasteiger partial charge on any atom is 0.222 e. The van der Waals surface area contributed by atoms with Crippen molar-refractivity contribution < 1.29 is 4.79 Å². The van der Waals surface area contributed by atoms with Gasteiger partial charge in [0.05, 0.1) is 0 Å². The van der Waals surface area contributed by atoms with Gasteiger partial charge in [-0.25, -0.2) is 0 Å². The molecule has 3 rings (SSSR count). The van der Waals surface area contributed by atoms with Crippen molar-refractivity contribution in [2.75, 3.05) is 26.2 Å². The fraction of sp³-hybridized carbons (Fsp3) is 0.368. The van der Waals surface area contributed by atoms with E-state index in [1.54, 1.807) is 6.20 Å². The predicted octanol–water partition coefficient (Wildman–Crippen LogP) is 2.36. The molecule has 23 heavy (non-hydrogen) atoms. The molecule has 1 aliphatic heterocycles. The molecule has 4 nitrogen and oxygen atoms in total. The van der Waals surface area contributed by atoms with Crippen molar-refractivity contribution in [3.05, 3.63) is 66.0 Å². The number of carbonyl (C=O) groups is 1. The Kier molecular flexibility index (Phi) is 5.37. The summed E-state index contributed by atoms with van der Waals surface area (Å²) in [7, 11) is 0. The maximum atomic E-state index is 12.3. The Bertz CT molecular complexity index is 607. The van der Waals surface area contributed by atoms with Gasteiger partial charge in [-0.3, -0.25) is 14.7 Å². The van der Waals surface area contributed by atoms with Crippen LogP contribution in [0.3, 0.4) is 0 Å². The van der Waals surface area contributed by atoms with Gasteiger partial charge >= 0.3 is 0 Å². The molecule has 1 aromatic heterocycles. The number of nitrogens with zero attached hydrogens (tertiary/aromatic N) is 3. The molecule has 0 unspecified atom stereocenters. The van der Waals surface area contributed by atoms with E-state index >= 15 is 0 Å². The minimum Gasteiger partial charge on any atom is -0.340 e. The van der Waals surface area contributed by atoms with Crippen molar-refractivity contribution in [3.63, 3.8) is 0 Å². The van der Waals surface area contributed by atoms with Crippen molar-refractivity contribution in [2.45, 2.75) is 19.4 Å². The summed E-state index contributed by atoms with van der Waals surface area (Å²) in [4.78, 5) is 20.8. The summed E-state index contributed by atoms with van der Waals surface area (Å²) >= 11 is 0. The molecule has 1 saturated heterocycles. The van der Waals surface area contributed by atoms with Crippen LogP contribution in [0.15, 0.2) is 54.9 Å². The molecule has 0 atom stereocenters. The highest BCUT2D eigenvalue weighted by molar-refractivity contribution is 5.76. The number of pyridine rings is 1. The summed E-state index contributed by atoms with van der Waals surface area (Å²) < 4.78 is 0. The second kappa shape index (κ2) is 7.88. The van der Waals surface area contributed by atoms with E-state index in [2.05, 4.69) is 34.1 Å². The van der Waals surface area contributed by atoms with Crippen LogP contribution in [-0.4, -0.2) is 46.9 Å². The van der Waals surface area contributed by atoms with Crippen molar-refractivity contribution in [3.8, 4) is 0 Å².